The molecule has 7 heteroatoms. The van der Waals surface area contributed by atoms with Crippen molar-refractivity contribution in [2.45, 2.75) is 6.61 Å². The lowest BCUT2D eigenvalue weighted by Crippen LogP contribution is -2.11. The fraction of sp³-hybridized carbons (Fsp3) is 0.167. The lowest BCUT2D eigenvalue weighted by Gasteiger charge is -2.09. The van der Waals surface area contributed by atoms with E-state index in [1.807, 2.05) is 24.3 Å². The summed E-state index contributed by atoms with van der Waals surface area (Å²) in [4.78, 5) is 8.37. The number of aromatic nitrogens is 2. The van der Waals surface area contributed by atoms with Crippen LogP contribution in [0.2, 0.25) is 0 Å². The predicted octanol–water partition coefficient (Wildman–Crippen LogP) is 2.46. The van der Waals surface area contributed by atoms with Gasteiger partial charge in [0.1, 0.15) is 18.2 Å². The number of hydrazine groups is 1. The van der Waals surface area contributed by atoms with E-state index in [0.717, 1.165) is 4.47 Å². The molecule has 0 aliphatic rings. The van der Waals surface area contributed by atoms with E-state index in [2.05, 4.69) is 31.3 Å². The number of rotatable bonds is 5. The molecule has 3 N–H and O–H groups in total. The number of halogens is 1. The van der Waals surface area contributed by atoms with E-state index in [4.69, 9.17) is 15.3 Å². The highest BCUT2D eigenvalue weighted by Gasteiger charge is 2.07. The molecule has 1 aromatic heterocycles. The van der Waals surface area contributed by atoms with Crippen LogP contribution in [-0.4, -0.2) is 17.1 Å². The fourth-order valence-electron chi connectivity index (χ4n) is 1.43. The van der Waals surface area contributed by atoms with Gasteiger partial charge in [-0.3, -0.25) is 0 Å². The number of methoxy groups -OCH3 is 1. The van der Waals surface area contributed by atoms with Gasteiger partial charge in [-0.25, -0.2) is 10.8 Å². The fourth-order valence-corrected chi connectivity index (χ4v) is 1.80. The number of para-hydroxylation sites is 1. The molecule has 0 radical (unpaired) electrons. The molecule has 0 saturated heterocycles. The summed E-state index contributed by atoms with van der Waals surface area (Å²) in [5.74, 6) is 7.36. The smallest absolute Gasteiger partial charge is 0.224 e. The third-order valence-corrected chi connectivity index (χ3v) is 2.88. The Balaban J connectivity index is 2.29. The maximum Gasteiger partial charge on any atom is 0.224 e. The molecule has 0 fully saturated rings. The summed E-state index contributed by atoms with van der Waals surface area (Å²) >= 11 is 3.41. The van der Waals surface area contributed by atoms with Crippen molar-refractivity contribution in [2.24, 2.45) is 5.84 Å². The molecule has 0 saturated carbocycles. The highest BCUT2D eigenvalue weighted by Crippen LogP contribution is 2.28. The molecule has 2 rings (SSSR count). The molecule has 1 heterocycles. The van der Waals surface area contributed by atoms with Gasteiger partial charge in [0.05, 0.1) is 4.47 Å². The zero-order valence-electron chi connectivity index (χ0n) is 10.3. The van der Waals surface area contributed by atoms with Crippen LogP contribution in [0.4, 0.5) is 5.82 Å². The number of nitrogen functional groups attached to an aromatic ring is 1. The van der Waals surface area contributed by atoms with Crippen molar-refractivity contribution in [3.63, 3.8) is 0 Å². The molecule has 0 aliphatic heterocycles. The van der Waals surface area contributed by atoms with Crippen molar-refractivity contribution < 1.29 is 9.47 Å². The van der Waals surface area contributed by atoms with Crippen LogP contribution in [0.3, 0.4) is 0 Å². The normalized spacial score (nSPS) is 10.3. The number of nitrogens with one attached hydrogen (secondary N) is 1. The third-order valence-electron chi connectivity index (χ3n) is 2.22. The number of benzene rings is 1. The first-order chi connectivity index (χ1) is 9.22. The van der Waals surface area contributed by atoms with Crippen LogP contribution in [0.5, 0.6) is 11.6 Å². The average Bonchev–Trinajstić information content (AvgIpc) is 2.41. The van der Waals surface area contributed by atoms with Crippen LogP contribution in [0, 0.1) is 0 Å². The number of nitrogens with zero attached hydrogens (tertiary/aromatic N) is 2. The average molecular weight is 325 g/mol. The van der Waals surface area contributed by atoms with Crippen LogP contribution in [0.25, 0.3) is 0 Å². The molecule has 1 aromatic carbocycles. The number of anilines is 1. The van der Waals surface area contributed by atoms with Gasteiger partial charge in [0.15, 0.2) is 5.82 Å². The zero-order valence-corrected chi connectivity index (χ0v) is 11.8. The van der Waals surface area contributed by atoms with Crippen molar-refractivity contribution in [2.75, 3.05) is 12.5 Å². The largest absolute Gasteiger partial charge is 0.438 e. The molecular formula is C12H13BrN4O2. The summed E-state index contributed by atoms with van der Waals surface area (Å²) in [5.41, 5.74) is 2.47. The van der Waals surface area contributed by atoms with Gasteiger partial charge in [-0.1, -0.05) is 12.1 Å². The molecule has 6 nitrogen and oxygen atoms in total. The minimum atomic E-state index is 0.280. The molecule has 2 aromatic rings. The first kappa shape index (κ1) is 13.7. The molecule has 0 atom stereocenters. The molecule has 0 bridgehead atoms. The Morgan fingerprint density at radius 1 is 1.32 bits per heavy atom. The Bertz CT molecular complexity index is 565. The predicted molar refractivity (Wildman–Crippen MR) is 74.8 cm³/mol. The number of hydrogen-bond acceptors (Lipinski definition) is 6. The van der Waals surface area contributed by atoms with Crippen molar-refractivity contribution in [3.8, 4) is 11.6 Å². The summed E-state index contributed by atoms with van der Waals surface area (Å²) in [5, 5.41) is 0. The van der Waals surface area contributed by atoms with Crippen LogP contribution in [0.1, 0.15) is 5.82 Å². The van der Waals surface area contributed by atoms with Gasteiger partial charge < -0.3 is 14.9 Å². The summed E-state index contributed by atoms with van der Waals surface area (Å²) in [6.07, 6.45) is 0. The topological polar surface area (TPSA) is 82.3 Å². The van der Waals surface area contributed by atoms with Crippen LogP contribution in [0.15, 0.2) is 34.8 Å². The third kappa shape index (κ3) is 3.63. The zero-order chi connectivity index (χ0) is 13.7. The SMILES string of the molecule is COCc1nc(NN)cc(Oc2ccccc2Br)n1. The van der Waals surface area contributed by atoms with Gasteiger partial charge in [-0.05, 0) is 28.1 Å². The van der Waals surface area contributed by atoms with Crippen LogP contribution in [-0.2, 0) is 11.3 Å². The summed E-state index contributed by atoms with van der Waals surface area (Å²) in [6.45, 7) is 0.280. The van der Waals surface area contributed by atoms with Gasteiger partial charge in [0, 0.05) is 13.2 Å². The Kier molecular flexibility index (Phi) is 4.67. The van der Waals surface area contributed by atoms with Crippen LogP contribution >= 0.6 is 15.9 Å². The monoisotopic (exact) mass is 324 g/mol. The summed E-state index contributed by atoms with van der Waals surface area (Å²) in [6, 6.07) is 9.10. The highest BCUT2D eigenvalue weighted by atomic mass is 79.9. The van der Waals surface area contributed by atoms with Gasteiger partial charge in [0.25, 0.3) is 0 Å². The number of hydrogen-bond donors (Lipinski definition) is 2. The lowest BCUT2D eigenvalue weighted by molar-refractivity contribution is 0.177. The second-order valence-corrected chi connectivity index (χ2v) is 4.47. The van der Waals surface area contributed by atoms with E-state index < -0.39 is 0 Å². The standard InChI is InChI=1S/C12H13BrN4O2/c1-18-7-11-15-10(17-14)6-12(16-11)19-9-5-3-2-4-8(9)13/h2-6H,7,14H2,1H3,(H,15,16,17). The quantitative estimate of drug-likeness (QED) is 0.649. The van der Waals surface area contributed by atoms with Crippen molar-refractivity contribution in [1.29, 1.82) is 0 Å². The molecule has 0 spiro atoms. The Morgan fingerprint density at radius 3 is 2.79 bits per heavy atom. The number of ether oxygens (including phenoxy) is 2. The van der Waals surface area contributed by atoms with Crippen LogP contribution < -0.4 is 16.0 Å². The van der Waals surface area contributed by atoms with Crippen molar-refractivity contribution in [1.82, 2.24) is 9.97 Å². The number of nitrogens with two attached hydrogens (primary N) is 1. The van der Waals surface area contributed by atoms with Crippen molar-refractivity contribution >= 4 is 21.7 Å². The lowest BCUT2D eigenvalue weighted by atomic mass is 10.3. The first-order valence-electron chi connectivity index (χ1n) is 5.49. The summed E-state index contributed by atoms with van der Waals surface area (Å²) < 4.78 is 11.5. The van der Waals surface area contributed by atoms with Gasteiger partial charge in [0.2, 0.25) is 5.88 Å². The van der Waals surface area contributed by atoms with E-state index in [1.165, 1.54) is 0 Å². The Hall–Kier alpha value is -1.70. The van der Waals surface area contributed by atoms with Gasteiger partial charge in [-0.15, -0.1) is 0 Å². The maximum absolute atomic E-state index is 5.69. The van der Waals surface area contributed by atoms with Gasteiger partial charge in [-0.2, -0.15) is 4.98 Å². The second-order valence-electron chi connectivity index (χ2n) is 3.62. The molecule has 0 amide bonds. The highest BCUT2D eigenvalue weighted by molar-refractivity contribution is 9.10. The van der Waals surface area contributed by atoms with Crippen molar-refractivity contribution in [3.05, 3.63) is 40.6 Å². The molecule has 0 unspecified atom stereocenters. The molecular weight excluding hydrogens is 312 g/mol. The molecule has 100 valence electrons. The molecule has 19 heavy (non-hydrogen) atoms. The maximum atomic E-state index is 5.69. The Labute approximate surface area is 119 Å². The minimum Gasteiger partial charge on any atom is -0.438 e. The Morgan fingerprint density at radius 2 is 2.11 bits per heavy atom. The van der Waals surface area contributed by atoms with E-state index >= 15 is 0 Å². The van der Waals surface area contributed by atoms with Gasteiger partial charge >= 0.3 is 0 Å². The van der Waals surface area contributed by atoms with E-state index in [1.54, 1.807) is 13.2 Å². The van der Waals surface area contributed by atoms with E-state index in [9.17, 15) is 0 Å². The first-order valence-corrected chi connectivity index (χ1v) is 6.28. The second kappa shape index (κ2) is 6.46. The summed E-state index contributed by atoms with van der Waals surface area (Å²) in [7, 11) is 1.57. The minimum absolute atomic E-state index is 0.280. The molecule has 0 aliphatic carbocycles. The van der Waals surface area contributed by atoms with E-state index in [-0.39, 0.29) is 6.61 Å². The van der Waals surface area contributed by atoms with E-state index in [0.29, 0.717) is 23.3 Å².